The van der Waals surface area contributed by atoms with E-state index >= 15 is 0 Å². The van der Waals surface area contributed by atoms with Crippen molar-refractivity contribution in [1.29, 1.82) is 0 Å². The molecular formula is C24H21BrN4OS. The van der Waals surface area contributed by atoms with E-state index in [4.69, 9.17) is 5.73 Å². The summed E-state index contributed by atoms with van der Waals surface area (Å²) in [5.41, 5.74) is 8.78. The fraction of sp³-hybridized carbons (Fsp3) is 0.125. The molecule has 5 nitrogen and oxygen atoms in total. The summed E-state index contributed by atoms with van der Waals surface area (Å²) in [5.74, 6) is 0.362. The highest BCUT2D eigenvalue weighted by Gasteiger charge is 2.24. The number of halogens is 1. The summed E-state index contributed by atoms with van der Waals surface area (Å²) in [6, 6.07) is 27.8. The largest absolute Gasteiger partial charge is 0.368 e. The molecular weight excluding hydrogens is 472 g/mol. The molecule has 7 heteroatoms. The number of aryl methyl sites for hydroxylation is 1. The predicted molar refractivity (Wildman–Crippen MR) is 128 cm³/mol. The molecule has 0 radical (unpaired) electrons. The molecule has 1 aromatic heterocycles. The van der Waals surface area contributed by atoms with Gasteiger partial charge >= 0.3 is 0 Å². The quantitative estimate of drug-likeness (QED) is 0.340. The van der Waals surface area contributed by atoms with Crippen molar-refractivity contribution in [2.45, 2.75) is 23.4 Å². The van der Waals surface area contributed by atoms with Gasteiger partial charge in [-0.2, -0.15) is 0 Å². The maximum absolute atomic E-state index is 12.2. The summed E-state index contributed by atoms with van der Waals surface area (Å²) < 4.78 is 3.07. The highest BCUT2D eigenvalue weighted by atomic mass is 79.9. The lowest BCUT2D eigenvalue weighted by Gasteiger charge is -2.15. The molecule has 0 aliphatic carbocycles. The number of rotatable bonds is 8. The SMILES string of the molecule is NC(=O)C(Sc1nnc(-c2ccc(Br)cc2)n1CCc1ccccc1)c1ccccc1. The van der Waals surface area contributed by atoms with Crippen LogP contribution in [-0.4, -0.2) is 20.7 Å². The van der Waals surface area contributed by atoms with Crippen molar-refractivity contribution < 1.29 is 4.79 Å². The predicted octanol–water partition coefficient (Wildman–Crippen LogP) is 5.27. The van der Waals surface area contributed by atoms with Crippen LogP contribution >= 0.6 is 27.7 Å². The van der Waals surface area contributed by atoms with Crippen LogP contribution in [0.15, 0.2) is 94.6 Å². The average Bonchev–Trinajstić information content (AvgIpc) is 3.20. The van der Waals surface area contributed by atoms with E-state index in [9.17, 15) is 4.79 Å². The van der Waals surface area contributed by atoms with E-state index in [-0.39, 0.29) is 0 Å². The van der Waals surface area contributed by atoms with Crippen LogP contribution in [0.4, 0.5) is 0 Å². The van der Waals surface area contributed by atoms with Crippen LogP contribution in [-0.2, 0) is 17.8 Å². The van der Waals surface area contributed by atoms with E-state index in [1.54, 1.807) is 0 Å². The van der Waals surface area contributed by atoms with Crippen LogP contribution < -0.4 is 5.73 Å². The fourth-order valence-electron chi connectivity index (χ4n) is 3.30. The van der Waals surface area contributed by atoms with Crippen molar-refractivity contribution in [2.24, 2.45) is 5.73 Å². The van der Waals surface area contributed by atoms with Crippen molar-refractivity contribution in [3.63, 3.8) is 0 Å². The Balaban J connectivity index is 1.69. The minimum Gasteiger partial charge on any atom is -0.368 e. The minimum atomic E-state index is -0.543. The van der Waals surface area contributed by atoms with Gasteiger partial charge in [-0.25, -0.2) is 0 Å². The van der Waals surface area contributed by atoms with Crippen LogP contribution in [0.5, 0.6) is 0 Å². The molecule has 0 bridgehead atoms. The van der Waals surface area contributed by atoms with Crippen LogP contribution in [0.3, 0.4) is 0 Å². The van der Waals surface area contributed by atoms with E-state index in [1.807, 2.05) is 72.8 Å². The lowest BCUT2D eigenvalue weighted by Crippen LogP contribution is -2.19. The minimum absolute atomic E-state index is 0.404. The van der Waals surface area contributed by atoms with Crippen molar-refractivity contribution >= 4 is 33.6 Å². The second-order valence-corrected chi connectivity index (χ2v) is 9.00. The Morgan fingerprint density at radius 2 is 1.58 bits per heavy atom. The van der Waals surface area contributed by atoms with Gasteiger partial charge in [0.05, 0.1) is 0 Å². The van der Waals surface area contributed by atoms with Crippen molar-refractivity contribution in [3.8, 4) is 11.4 Å². The van der Waals surface area contributed by atoms with E-state index in [0.29, 0.717) is 11.7 Å². The lowest BCUT2D eigenvalue weighted by atomic mass is 10.1. The molecule has 0 fully saturated rings. The molecule has 0 saturated carbocycles. The summed E-state index contributed by atoms with van der Waals surface area (Å²) in [7, 11) is 0. The molecule has 156 valence electrons. The Kier molecular flexibility index (Phi) is 6.84. The van der Waals surface area contributed by atoms with Crippen molar-refractivity contribution in [3.05, 3.63) is 101 Å². The first kappa shape index (κ1) is 21.3. The Bertz CT molecular complexity index is 1150. The lowest BCUT2D eigenvalue weighted by molar-refractivity contribution is -0.117. The van der Waals surface area contributed by atoms with Gasteiger partial charge in [-0.1, -0.05) is 100 Å². The maximum atomic E-state index is 12.2. The number of amides is 1. The van der Waals surface area contributed by atoms with Crippen molar-refractivity contribution in [1.82, 2.24) is 14.8 Å². The van der Waals surface area contributed by atoms with Gasteiger partial charge in [-0.15, -0.1) is 10.2 Å². The standard InChI is InChI=1S/C24H21BrN4OS/c25-20-13-11-19(12-14-20)23-27-28-24(29(23)16-15-17-7-3-1-4-8-17)31-21(22(26)30)18-9-5-2-6-10-18/h1-14,21H,15-16H2,(H2,26,30). The van der Waals surface area contributed by atoms with E-state index < -0.39 is 11.2 Å². The van der Waals surface area contributed by atoms with E-state index in [0.717, 1.165) is 27.8 Å². The molecule has 0 aliphatic heterocycles. The number of benzene rings is 3. The summed E-state index contributed by atoms with van der Waals surface area (Å²) in [6.07, 6.45) is 0.822. The molecule has 31 heavy (non-hydrogen) atoms. The normalized spacial score (nSPS) is 11.9. The number of thioether (sulfide) groups is 1. The maximum Gasteiger partial charge on any atom is 0.235 e. The summed E-state index contributed by atoms with van der Waals surface area (Å²) in [6.45, 7) is 0.686. The molecule has 3 aromatic carbocycles. The number of primary amides is 1. The third kappa shape index (κ3) is 5.24. The van der Waals surface area contributed by atoms with Gasteiger partial charge in [0, 0.05) is 16.6 Å². The van der Waals surface area contributed by atoms with Crippen LogP contribution in [0.25, 0.3) is 11.4 Å². The zero-order valence-corrected chi connectivity index (χ0v) is 19.1. The topological polar surface area (TPSA) is 73.8 Å². The Morgan fingerprint density at radius 3 is 2.23 bits per heavy atom. The Hall–Kier alpha value is -2.90. The van der Waals surface area contributed by atoms with Gasteiger partial charge in [0.2, 0.25) is 5.91 Å². The number of carbonyl (C=O) groups excluding carboxylic acids is 1. The van der Waals surface area contributed by atoms with Gasteiger partial charge in [0.15, 0.2) is 11.0 Å². The van der Waals surface area contributed by atoms with Gasteiger partial charge < -0.3 is 10.3 Å². The summed E-state index contributed by atoms with van der Waals surface area (Å²) >= 11 is 4.82. The van der Waals surface area contributed by atoms with E-state index in [1.165, 1.54) is 17.3 Å². The molecule has 0 saturated heterocycles. The monoisotopic (exact) mass is 492 g/mol. The molecule has 0 aliphatic rings. The summed E-state index contributed by atoms with van der Waals surface area (Å²) in [5, 5.41) is 9.02. The number of hydrogen-bond acceptors (Lipinski definition) is 4. The number of nitrogens with zero attached hydrogens (tertiary/aromatic N) is 3. The molecule has 1 heterocycles. The van der Waals surface area contributed by atoms with Crippen LogP contribution in [0.1, 0.15) is 16.4 Å². The van der Waals surface area contributed by atoms with E-state index in [2.05, 4.69) is 42.8 Å². The van der Waals surface area contributed by atoms with Gasteiger partial charge in [0.1, 0.15) is 5.25 Å². The molecule has 1 amide bonds. The number of carbonyl (C=O) groups is 1. The number of hydrogen-bond donors (Lipinski definition) is 1. The first-order chi connectivity index (χ1) is 15.1. The Morgan fingerprint density at radius 1 is 0.935 bits per heavy atom. The molecule has 4 rings (SSSR count). The number of aromatic nitrogens is 3. The van der Waals surface area contributed by atoms with Crippen LogP contribution in [0, 0.1) is 0 Å². The fourth-order valence-corrected chi connectivity index (χ4v) is 4.58. The molecule has 1 atom stereocenters. The third-order valence-corrected chi connectivity index (χ3v) is 6.65. The zero-order chi connectivity index (χ0) is 21.6. The second-order valence-electron chi connectivity index (χ2n) is 7.01. The number of nitrogens with two attached hydrogens (primary N) is 1. The van der Waals surface area contributed by atoms with Crippen molar-refractivity contribution in [2.75, 3.05) is 0 Å². The van der Waals surface area contributed by atoms with Gasteiger partial charge in [-0.3, -0.25) is 4.79 Å². The average molecular weight is 493 g/mol. The molecule has 4 aromatic rings. The third-order valence-electron chi connectivity index (χ3n) is 4.87. The van der Waals surface area contributed by atoms with Crippen LogP contribution in [0.2, 0.25) is 0 Å². The van der Waals surface area contributed by atoms with Gasteiger partial charge in [-0.05, 0) is 29.7 Å². The Labute approximate surface area is 193 Å². The first-order valence-electron chi connectivity index (χ1n) is 9.86. The van der Waals surface area contributed by atoms with Gasteiger partial charge in [0.25, 0.3) is 0 Å². The second kappa shape index (κ2) is 9.94. The smallest absolute Gasteiger partial charge is 0.235 e. The summed E-state index contributed by atoms with van der Waals surface area (Å²) in [4.78, 5) is 12.2. The molecule has 1 unspecified atom stereocenters. The highest BCUT2D eigenvalue weighted by Crippen LogP contribution is 2.36. The zero-order valence-electron chi connectivity index (χ0n) is 16.7. The highest BCUT2D eigenvalue weighted by molar-refractivity contribution is 9.10. The molecule has 2 N–H and O–H groups in total. The molecule has 0 spiro atoms. The first-order valence-corrected chi connectivity index (χ1v) is 11.5.